The summed E-state index contributed by atoms with van der Waals surface area (Å²) in [6.45, 7) is 1.12. The number of hydrogen-bond donors (Lipinski definition) is 2. The van der Waals surface area contributed by atoms with Crippen LogP contribution >= 0.6 is 0 Å². The van der Waals surface area contributed by atoms with Gasteiger partial charge in [0.05, 0.1) is 12.7 Å². The second-order valence-corrected chi connectivity index (χ2v) is 5.33. The van der Waals surface area contributed by atoms with Crippen molar-refractivity contribution >= 4 is 11.9 Å². The molecule has 0 radical (unpaired) electrons. The van der Waals surface area contributed by atoms with E-state index >= 15 is 0 Å². The predicted molar refractivity (Wildman–Crippen MR) is 85.1 cm³/mol. The number of rotatable bonds is 5. The maximum Gasteiger partial charge on any atom is 0.339 e. The molecule has 0 bridgehead atoms. The number of carbonyl (C=O) groups excluding carboxylic acids is 2. The van der Waals surface area contributed by atoms with Crippen molar-refractivity contribution in [1.29, 1.82) is 0 Å². The Bertz CT molecular complexity index is 877. The van der Waals surface area contributed by atoms with Gasteiger partial charge in [-0.25, -0.2) is 13.6 Å². The molecule has 1 amide bonds. The molecule has 2 rings (SSSR count). The van der Waals surface area contributed by atoms with Crippen LogP contribution < -0.4 is 10.9 Å². The summed E-state index contributed by atoms with van der Waals surface area (Å²) in [5.41, 5.74) is -0.379. The van der Waals surface area contributed by atoms with Gasteiger partial charge in [-0.05, 0) is 11.6 Å². The molecule has 0 aliphatic heterocycles. The van der Waals surface area contributed by atoms with Crippen LogP contribution in [0.2, 0.25) is 0 Å². The number of H-pyrrole nitrogens is 1. The van der Waals surface area contributed by atoms with Crippen LogP contribution in [0.1, 0.15) is 34.0 Å². The van der Waals surface area contributed by atoms with E-state index in [4.69, 9.17) is 0 Å². The SMILES string of the molecule is COC(=O)c1c[nH]c(=O)c(Cc2ccc(CNC(C)=O)c(F)c2F)c1. The summed E-state index contributed by atoms with van der Waals surface area (Å²) in [5, 5.41) is 2.38. The van der Waals surface area contributed by atoms with Crippen molar-refractivity contribution in [2.24, 2.45) is 0 Å². The first kappa shape index (κ1) is 18.3. The molecule has 0 atom stereocenters. The zero-order valence-corrected chi connectivity index (χ0v) is 13.6. The Kier molecular flexibility index (Phi) is 5.63. The molecule has 6 nitrogen and oxygen atoms in total. The molecule has 1 heterocycles. The molecule has 0 spiro atoms. The lowest BCUT2D eigenvalue weighted by Crippen LogP contribution is -2.20. The fraction of sp³-hybridized carbons (Fsp3) is 0.235. The molecule has 0 unspecified atom stereocenters. The monoisotopic (exact) mass is 350 g/mol. The molecule has 8 heteroatoms. The van der Waals surface area contributed by atoms with E-state index in [1.54, 1.807) is 0 Å². The topological polar surface area (TPSA) is 88.3 Å². The number of halogens is 2. The largest absolute Gasteiger partial charge is 0.465 e. The Morgan fingerprint density at radius 2 is 1.80 bits per heavy atom. The minimum atomic E-state index is -1.11. The summed E-state index contributed by atoms with van der Waals surface area (Å²) >= 11 is 0. The zero-order valence-electron chi connectivity index (χ0n) is 13.6. The van der Waals surface area contributed by atoms with E-state index in [0.29, 0.717) is 0 Å². The first-order valence-corrected chi connectivity index (χ1v) is 7.33. The molecular weight excluding hydrogens is 334 g/mol. The highest BCUT2D eigenvalue weighted by Gasteiger charge is 2.16. The second kappa shape index (κ2) is 7.69. The van der Waals surface area contributed by atoms with E-state index in [2.05, 4.69) is 15.0 Å². The summed E-state index contributed by atoms with van der Waals surface area (Å²) in [5.74, 6) is -3.22. The van der Waals surface area contributed by atoms with Gasteiger partial charge >= 0.3 is 5.97 Å². The quantitative estimate of drug-likeness (QED) is 0.803. The Morgan fingerprint density at radius 1 is 1.16 bits per heavy atom. The number of esters is 1. The fourth-order valence-corrected chi connectivity index (χ4v) is 2.23. The Morgan fingerprint density at radius 3 is 2.44 bits per heavy atom. The molecule has 0 fully saturated rings. The predicted octanol–water partition coefficient (Wildman–Crippen LogP) is 1.67. The highest BCUT2D eigenvalue weighted by Crippen LogP contribution is 2.19. The number of hydrogen-bond acceptors (Lipinski definition) is 4. The lowest BCUT2D eigenvalue weighted by Gasteiger charge is -2.09. The van der Waals surface area contributed by atoms with Crippen LogP contribution in [0.5, 0.6) is 0 Å². The maximum atomic E-state index is 14.2. The van der Waals surface area contributed by atoms with Crippen molar-refractivity contribution < 1.29 is 23.1 Å². The van der Waals surface area contributed by atoms with E-state index in [9.17, 15) is 23.2 Å². The zero-order chi connectivity index (χ0) is 18.6. The Labute approximate surface area is 141 Å². The third kappa shape index (κ3) is 4.28. The van der Waals surface area contributed by atoms with Crippen molar-refractivity contribution in [3.05, 3.63) is 68.6 Å². The standard InChI is InChI=1S/C17H16F2N2O4/c1-9(22)20-7-11-4-3-10(14(18)15(11)19)5-12-6-13(17(24)25-2)8-21-16(12)23/h3-4,6,8H,5,7H2,1-2H3,(H,20,22)(H,21,23). The molecule has 0 saturated heterocycles. The highest BCUT2D eigenvalue weighted by molar-refractivity contribution is 5.89. The minimum absolute atomic E-state index is 0.00586. The third-order valence-corrected chi connectivity index (χ3v) is 3.55. The average molecular weight is 350 g/mol. The summed E-state index contributed by atoms with van der Waals surface area (Å²) in [7, 11) is 1.19. The summed E-state index contributed by atoms with van der Waals surface area (Å²) in [6, 6.07) is 3.94. The van der Waals surface area contributed by atoms with Crippen molar-refractivity contribution in [2.45, 2.75) is 19.9 Å². The van der Waals surface area contributed by atoms with Crippen molar-refractivity contribution in [2.75, 3.05) is 7.11 Å². The van der Waals surface area contributed by atoms with Crippen LogP contribution in [0.4, 0.5) is 8.78 Å². The lowest BCUT2D eigenvalue weighted by atomic mass is 10.0. The maximum absolute atomic E-state index is 14.2. The molecule has 132 valence electrons. The highest BCUT2D eigenvalue weighted by atomic mass is 19.2. The van der Waals surface area contributed by atoms with Gasteiger partial charge < -0.3 is 15.0 Å². The molecule has 2 N–H and O–H groups in total. The van der Waals surface area contributed by atoms with Gasteiger partial charge in [0.2, 0.25) is 5.91 Å². The molecule has 0 aliphatic carbocycles. The van der Waals surface area contributed by atoms with Crippen LogP contribution in [0.3, 0.4) is 0 Å². The van der Waals surface area contributed by atoms with Gasteiger partial charge in [0.25, 0.3) is 5.56 Å². The summed E-state index contributed by atoms with van der Waals surface area (Å²) < 4.78 is 32.9. The average Bonchev–Trinajstić information content (AvgIpc) is 2.59. The second-order valence-electron chi connectivity index (χ2n) is 5.33. The van der Waals surface area contributed by atoms with Gasteiger partial charge in [0, 0.05) is 37.2 Å². The smallest absolute Gasteiger partial charge is 0.339 e. The van der Waals surface area contributed by atoms with Crippen LogP contribution in [0, 0.1) is 11.6 Å². The normalized spacial score (nSPS) is 10.4. The minimum Gasteiger partial charge on any atom is -0.465 e. The van der Waals surface area contributed by atoms with E-state index in [1.165, 1.54) is 38.4 Å². The van der Waals surface area contributed by atoms with Crippen LogP contribution in [0.15, 0.2) is 29.2 Å². The van der Waals surface area contributed by atoms with Crippen molar-refractivity contribution in [3.8, 4) is 0 Å². The van der Waals surface area contributed by atoms with Gasteiger partial charge in [-0.2, -0.15) is 0 Å². The van der Waals surface area contributed by atoms with E-state index in [0.717, 1.165) is 0 Å². The van der Waals surface area contributed by atoms with Crippen LogP contribution in [-0.2, 0) is 22.5 Å². The van der Waals surface area contributed by atoms with E-state index in [-0.39, 0.29) is 41.1 Å². The molecule has 2 aromatic rings. The summed E-state index contributed by atoms with van der Waals surface area (Å²) in [4.78, 5) is 36.6. The van der Waals surface area contributed by atoms with Crippen molar-refractivity contribution in [1.82, 2.24) is 10.3 Å². The Hall–Kier alpha value is -3.03. The molecule has 25 heavy (non-hydrogen) atoms. The van der Waals surface area contributed by atoms with Crippen molar-refractivity contribution in [3.63, 3.8) is 0 Å². The number of methoxy groups -OCH3 is 1. The lowest BCUT2D eigenvalue weighted by molar-refractivity contribution is -0.119. The van der Waals surface area contributed by atoms with Gasteiger partial charge in [-0.15, -0.1) is 0 Å². The van der Waals surface area contributed by atoms with Gasteiger partial charge in [-0.3, -0.25) is 9.59 Å². The van der Waals surface area contributed by atoms with Gasteiger partial charge in [0.15, 0.2) is 11.6 Å². The fourth-order valence-electron chi connectivity index (χ4n) is 2.23. The number of amides is 1. The molecule has 1 aromatic carbocycles. The molecule has 0 aliphatic rings. The van der Waals surface area contributed by atoms with Crippen LogP contribution in [0.25, 0.3) is 0 Å². The molecule has 1 aromatic heterocycles. The van der Waals surface area contributed by atoms with Gasteiger partial charge in [-0.1, -0.05) is 12.1 Å². The number of ether oxygens (including phenoxy) is 1. The van der Waals surface area contributed by atoms with Gasteiger partial charge in [0.1, 0.15) is 0 Å². The molecule has 0 saturated carbocycles. The number of carbonyl (C=O) groups is 2. The first-order valence-electron chi connectivity index (χ1n) is 7.33. The molecular formula is C17H16F2N2O4. The number of pyridine rings is 1. The summed E-state index contributed by atoms with van der Waals surface area (Å²) in [6.07, 6.45) is 0.981. The third-order valence-electron chi connectivity index (χ3n) is 3.55. The first-order chi connectivity index (χ1) is 11.8. The number of aromatic nitrogens is 1. The Balaban J connectivity index is 2.32. The number of benzene rings is 1. The van der Waals surface area contributed by atoms with E-state index < -0.39 is 23.2 Å². The van der Waals surface area contributed by atoms with E-state index in [1.807, 2.05) is 0 Å². The number of nitrogens with one attached hydrogen (secondary N) is 2. The van der Waals surface area contributed by atoms with Crippen LogP contribution in [-0.4, -0.2) is 24.0 Å². The number of aromatic amines is 1.